The number of hydrogen-bond acceptors (Lipinski definition) is 34. The van der Waals surface area contributed by atoms with Crippen LogP contribution in [0.5, 0.6) is 0 Å². The molecule has 6 N–H and O–H groups in total. The van der Waals surface area contributed by atoms with Crippen LogP contribution in [0.2, 0.25) is 0 Å². The minimum Gasteiger partial charge on any atom is -0.876 e. The Morgan fingerprint density at radius 2 is 0.411 bits per heavy atom. The molecule has 0 rings (SSSR count). The second-order valence-corrected chi connectivity index (χ2v) is 13.8. The van der Waals surface area contributed by atoms with Crippen molar-refractivity contribution in [1.82, 2.24) is 19.6 Å². The molecule has 0 unspecified atom stereocenters. The largest absolute Gasteiger partial charge is 3.00 e. The predicted molar refractivity (Wildman–Crippen MR) is 280 cm³/mol. The van der Waals surface area contributed by atoms with E-state index in [0.29, 0.717) is 78.5 Å². The smallest absolute Gasteiger partial charge is 0.876 e. The Bertz CT molecular complexity index is 1210. The number of nitrogens with zero attached hydrogens (tertiary/aromatic N) is 6. The first-order valence-corrected chi connectivity index (χ1v) is 24.1. The molecule has 0 bridgehead atoms. The fraction of sp³-hybridized carbons (Fsp3) is 0.750. The van der Waals surface area contributed by atoms with E-state index in [1.165, 1.54) is 55.4 Å². The Morgan fingerprint density at radius 1 is 0.322 bits per heavy atom. The molecule has 0 amide bonds. The van der Waals surface area contributed by atoms with Gasteiger partial charge in [0, 0.05) is 40.4 Å². The maximum atomic E-state index is 10.1. The van der Waals surface area contributed by atoms with Crippen LogP contribution in [0.1, 0.15) is 55.4 Å². The van der Waals surface area contributed by atoms with Gasteiger partial charge in [0.2, 0.25) is 0 Å². The molecular formula is C48H94Co2Mn4N6O30. The molecular weight excluding hydrogens is 1480 g/mol. The molecule has 0 atom stereocenters. The summed E-state index contributed by atoms with van der Waals surface area (Å²) in [6.45, 7) is 13.8. The fourth-order valence-corrected chi connectivity index (χ4v) is 4.09. The van der Waals surface area contributed by atoms with Crippen molar-refractivity contribution in [2.45, 2.75) is 55.4 Å². The van der Waals surface area contributed by atoms with E-state index in [1.54, 1.807) is 19.6 Å². The molecule has 0 spiro atoms. The summed E-state index contributed by atoms with van der Waals surface area (Å²) in [6, 6.07) is 0. The van der Waals surface area contributed by atoms with Gasteiger partial charge < -0.3 is 152 Å². The number of carbonyl (C=O) groups excluding carboxylic acids is 4. The van der Waals surface area contributed by atoms with Crippen molar-refractivity contribution in [3.05, 3.63) is 78.0 Å². The van der Waals surface area contributed by atoms with Crippen molar-refractivity contribution in [1.29, 1.82) is 0 Å². The monoisotopic (exact) mass is 1570 g/mol. The molecule has 2 radical (unpaired) electrons. The van der Waals surface area contributed by atoms with Crippen molar-refractivity contribution in [2.75, 3.05) is 186 Å². The molecule has 0 aliphatic heterocycles. The maximum Gasteiger partial charge on any atom is 3.00 e. The molecule has 0 heterocycles. The van der Waals surface area contributed by atoms with Crippen molar-refractivity contribution in [3.63, 3.8) is 0 Å². The van der Waals surface area contributed by atoms with Gasteiger partial charge in [0.1, 0.15) is 0 Å². The fourth-order valence-electron chi connectivity index (χ4n) is 4.09. The zero-order valence-corrected chi connectivity index (χ0v) is 59.4. The number of aliphatic hydroxyl groups excluding tert-OH is 6. The van der Waals surface area contributed by atoms with E-state index in [-0.39, 0.29) is 227 Å². The third kappa shape index (κ3) is 249. The van der Waals surface area contributed by atoms with Gasteiger partial charge in [0.05, 0.1) is 36.6 Å². The van der Waals surface area contributed by atoms with E-state index in [2.05, 4.69) is 0 Å². The summed E-state index contributed by atoms with van der Waals surface area (Å²) in [5.41, 5.74) is 0. The molecule has 0 aromatic rings. The molecule has 0 aliphatic carbocycles. The van der Waals surface area contributed by atoms with Crippen LogP contribution in [-0.4, -0.2) is 270 Å². The Labute approximate surface area is 592 Å². The maximum absolute atomic E-state index is 10.1. The van der Waals surface area contributed by atoms with Crippen LogP contribution in [0.15, 0.2) is 47.3 Å². The summed E-state index contributed by atoms with van der Waals surface area (Å²) < 4.78 is 0. The molecule has 542 valence electrons. The van der Waals surface area contributed by atoms with Gasteiger partial charge in [0.15, 0.2) is 23.1 Å². The van der Waals surface area contributed by atoms with Crippen LogP contribution < -0.4 is 71.5 Å². The van der Waals surface area contributed by atoms with Crippen LogP contribution in [0.3, 0.4) is 0 Å². The molecule has 0 saturated heterocycles. The second-order valence-electron chi connectivity index (χ2n) is 13.8. The first-order chi connectivity index (χ1) is 39.4. The molecule has 0 saturated carbocycles. The van der Waals surface area contributed by atoms with E-state index >= 15 is 0 Å². The molecule has 0 fully saturated rings. The summed E-state index contributed by atoms with van der Waals surface area (Å²) in [5, 5.41) is 214. The van der Waals surface area contributed by atoms with Gasteiger partial charge in [0.25, 0.3) is 0 Å². The minimum atomic E-state index is -1.75. The van der Waals surface area contributed by atoms with Gasteiger partial charge in [-0.2, -0.15) is 14.2 Å². The van der Waals surface area contributed by atoms with E-state index in [1.807, 2.05) is 0 Å². The van der Waals surface area contributed by atoms with Crippen LogP contribution in [0, 0.1) is 30.6 Å². The average Bonchev–Trinajstić information content (AvgIpc) is 3.37. The van der Waals surface area contributed by atoms with Crippen molar-refractivity contribution >= 4 is 23.1 Å². The Kier molecular flexibility index (Phi) is 222. The third-order valence-electron chi connectivity index (χ3n) is 6.55. The molecule has 0 aliphatic rings. The van der Waals surface area contributed by atoms with Gasteiger partial charge in [-0.05, 0) is 104 Å². The van der Waals surface area contributed by atoms with Crippen molar-refractivity contribution < 1.29 is 233 Å². The standard InChI is InChI=1S/4C6H13NO3.4C5H8O2.2CH4O.2CH3O.2Co.4Mn.2NO3/c4*8-4-1-7(2-5-9)3-6-10;4*1-4(6)3-5(2)7;4*1-2;;;;;;;2*2-1(3)4/h4*8H,1-6H2;4*3,6H,1-2H3;2*2H,1H3;2*1H3;;;;;;;;/q4*-2;;;;;;;2*-1;2*+3;2*+2;2*+3;2*-1/p-4/b;;;;4*4-3-;;;;;;;;;;;;. The number of hydrogen-bond donors (Lipinski definition) is 6. The molecule has 42 heteroatoms. The van der Waals surface area contributed by atoms with E-state index in [9.17, 15) is 80.5 Å². The zero-order chi connectivity index (χ0) is 69.9. The third-order valence-corrected chi connectivity index (χ3v) is 6.55. The van der Waals surface area contributed by atoms with E-state index < -0.39 is 10.2 Å². The Balaban J connectivity index is -0.0000000332. The van der Waals surface area contributed by atoms with Gasteiger partial charge in [-0.15, -0.1) is 75.9 Å². The van der Waals surface area contributed by atoms with Gasteiger partial charge >= 0.3 is 102 Å². The predicted octanol–water partition coefficient (Wildman–Crippen LogP) is -16.0. The van der Waals surface area contributed by atoms with Crippen molar-refractivity contribution in [3.8, 4) is 0 Å². The molecule has 90 heavy (non-hydrogen) atoms. The Hall–Kier alpha value is -2.47. The summed E-state index contributed by atoms with van der Waals surface area (Å²) in [6.07, 6.45) is 4.22. The Morgan fingerprint density at radius 3 is 0.444 bits per heavy atom. The number of rotatable bonds is 28. The minimum absolute atomic E-state index is 0. The summed E-state index contributed by atoms with van der Waals surface area (Å²) >= 11 is 0. The van der Waals surface area contributed by atoms with Gasteiger partial charge in [-0.3, -0.25) is 19.2 Å². The van der Waals surface area contributed by atoms with Crippen LogP contribution in [-0.2, 0) is 121 Å². The van der Waals surface area contributed by atoms with Crippen molar-refractivity contribution in [2.24, 2.45) is 0 Å². The topological polar surface area (TPSA) is 658 Å². The van der Waals surface area contributed by atoms with Crippen LogP contribution in [0.4, 0.5) is 0 Å². The number of ketones is 4. The number of carbonyl (C=O) groups is 4. The quantitative estimate of drug-likeness (QED) is 0.0139. The average molecular weight is 1570 g/mol. The number of allylic oxidation sites excluding steroid dienone is 8. The molecule has 0 aromatic heterocycles. The normalized spacial score (nSPS) is 9.16. The summed E-state index contributed by atoms with van der Waals surface area (Å²) in [4.78, 5) is 63.1. The first kappa shape index (κ1) is 144. The van der Waals surface area contributed by atoms with E-state index in [4.69, 9.17) is 71.5 Å². The van der Waals surface area contributed by atoms with Crippen LogP contribution in [0.25, 0.3) is 0 Å². The molecule has 0 aromatic carbocycles. The SMILES string of the molecule is CC(=O)/C=C(/C)[O-].CC(=O)/C=C(/C)[O-].CC(=O)/C=C(/C)[O-].CC(=O)/C=C(/C)[O-].CO.CO.C[O-].C[O-].O=[N+]([O-])[O-].O=[N+]([O-])[O-].[Co+3].[Co+3].[Mn+2].[Mn+2].[Mn+3].[Mn+3].[O-]CCN(CC[O-])CCO.[O-]CCN(CC[O-])CCO.[O-]CCN(CC[O-])CCO.[O-]CCN(CC[O-])CCO. The van der Waals surface area contributed by atoms with Crippen LogP contribution >= 0.6 is 0 Å². The zero-order valence-electron chi connectivity index (χ0n) is 52.6. The molecule has 36 nitrogen and oxygen atoms in total. The summed E-state index contributed by atoms with van der Waals surface area (Å²) in [5.74, 6) is -1.50. The van der Waals surface area contributed by atoms with Gasteiger partial charge in [-0.1, -0.05) is 27.7 Å². The first-order valence-electron chi connectivity index (χ1n) is 24.1. The second kappa shape index (κ2) is 139. The van der Waals surface area contributed by atoms with E-state index in [0.717, 1.165) is 52.7 Å². The number of aliphatic hydroxyl groups is 6. The summed E-state index contributed by atoms with van der Waals surface area (Å²) in [7, 11) is 3.50. The van der Waals surface area contributed by atoms with Gasteiger partial charge in [-0.25, -0.2) is 0 Å².